The predicted molar refractivity (Wildman–Crippen MR) is 114 cm³/mol. The summed E-state index contributed by atoms with van der Waals surface area (Å²) in [6.07, 6.45) is 8.78. The highest BCUT2D eigenvalue weighted by Crippen LogP contribution is 2.38. The molecule has 0 fully saturated rings. The third-order valence-corrected chi connectivity index (χ3v) is 4.54. The van der Waals surface area contributed by atoms with E-state index < -0.39 is 0 Å². The molecule has 144 valence electrons. The number of aromatic nitrogens is 2. The maximum atomic E-state index is 12.4. The van der Waals surface area contributed by atoms with Gasteiger partial charge in [-0.2, -0.15) is 0 Å². The van der Waals surface area contributed by atoms with Crippen LogP contribution in [0.1, 0.15) is 0 Å². The van der Waals surface area contributed by atoms with Crippen molar-refractivity contribution >= 4 is 16.6 Å². The molecule has 0 saturated carbocycles. The van der Waals surface area contributed by atoms with Crippen LogP contribution < -0.4 is 20.8 Å². The fraction of sp³-hybridized carbons (Fsp3) is 0.0870. The molecule has 0 spiro atoms. The first kappa shape index (κ1) is 18.3. The minimum Gasteiger partial charge on any atom is -0.481 e. The number of benzene rings is 2. The molecule has 0 aliphatic rings. The van der Waals surface area contributed by atoms with E-state index in [9.17, 15) is 4.79 Å². The lowest BCUT2D eigenvalue weighted by Gasteiger charge is -2.14. The summed E-state index contributed by atoms with van der Waals surface area (Å²) in [5.41, 5.74) is 8.70. The molecule has 29 heavy (non-hydrogen) atoms. The van der Waals surface area contributed by atoms with E-state index in [1.54, 1.807) is 31.6 Å². The summed E-state index contributed by atoms with van der Waals surface area (Å²) in [6, 6.07) is 14.5. The third kappa shape index (κ3) is 3.54. The molecule has 0 aliphatic heterocycles. The van der Waals surface area contributed by atoms with Crippen LogP contribution in [0.4, 0.5) is 5.69 Å². The molecule has 6 heteroatoms. The van der Waals surface area contributed by atoms with Crippen LogP contribution in [0.25, 0.3) is 22.0 Å². The van der Waals surface area contributed by atoms with Crippen LogP contribution in [0.5, 0.6) is 17.2 Å². The fourth-order valence-corrected chi connectivity index (χ4v) is 3.21. The van der Waals surface area contributed by atoms with Crippen molar-refractivity contribution in [1.29, 1.82) is 0 Å². The Balaban J connectivity index is 1.81. The fourth-order valence-electron chi connectivity index (χ4n) is 3.21. The monoisotopic (exact) mass is 385 g/mol. The van der Waals surface area contributed by atoms with E-state index in [0.29, 0.717) is 28.5 Å². The van der Waals surface area contributed by atoms with Crippen molar-refractivity contribution in [2.75, 3.05) is 12.3 Å². The van der Waals surface area contributed by atoms with E-state index in [1.807, 2.05) is 36.4 Å². The molecule has 2 aromatic heterocycles. The molecular formula is C23H19N3O3. The van der Waals surface area contributed by atoms with E-state index in [1.165, 1.54) is 4.57 Å². The standard InChI is InChI=1S/C23H19N3O3/c1-3-11-28-16-5-4-6-17(13-16)29-21-8-7-15(24)12-19(21)20-14-26(2)23(27)22-18(20)9-10-25-22/h1,4-10,12-14,25H,11,24H2,2H3. The molecule has 0 amide bonds. The minimum atomic E-state index is -0.0986. The second kappa shape index (κ2) is 7.49. The molecule has 2 aromatic carbocycles. The van der Waals surface area contributed by atoms with Gasteiger partial charge < -0.3 is 24.8 Å². The number of rotatable bonds is 5. The van der Waals surface area contributed by atoms with Gasteiger partial charge >= 0.3 is 0 Å². The Morgan fingerprint density at radius 2 is 1.97 bits per heavy atom. The van der Waals surface area contributed by atoms with Gasteiger partial charge in [0.15, 0.2) is 0 Å². The van der Waals surface area contributed by atoms with Gasteiger partial charge in [-0.25, -0.2) is 0 Å². The van der Waals surface area contributed by atoms with Gasteiger partial charge in [0, 0.05) is 47.7 Å². The highest BCUT2D eigenvalue weighted by atomic mass is 16.5. The van der Waals surface area contributed by atoms with E-state index in [4.69, 9.17) is 21.6 Å². The van der Waals surface area contributed by atoms with Crippen molar-refractivity contribution in [3.05, 3.63) is 71.3 Å². The number of aryl methyl sites for hydroxylation is 1. The number of nitrogens with one attached hydrogen (secondary N) is 1. The van der Waals surface area contributed by atoms with E-state index in [2.05, 4.69) is 10.9 Å². The second-order valence-corrected chi connectivity index (χ2v) is 6.55. The normalized spacial score (nSPS) is 10.6. The summed E-state index contributed by atoms with van der Waals surface area (Å²) in [4.78, 5) is 15.4. The molecule has 3 N–H and O–H groups in total. The lowest BCUT2D eigenvalue weighted by Crippen LogP contribution is -2.16. The van der Waals surface area contributed by atoms with Crippen molar-refractivity contribution in [1.82, 2.24) is 9.55 Å². The van der Waals surface area contributed by atoms with Crippen LogP contribution >= 0.6 is 0 Å². The number of fused-ring (bicyclic) bond motifs is 1. The molecule has 6 nitrogen and oxygen atoms in total. The lowest BCUT2D eigenvalue weighted by molar-refractivity contribution is 0.367. The smallest absolute Gasteiger partial charge is 0.274 e. The number of nitrogen functional groups attached to an aromatic ring is 1. The molecule has 4 aromatic rings. The first-order chi connectivity index (χ1) is 14.1. The summed E-state index contributed by atoms with van der Waals surface area (Å²) in [5, 5.41) is 0.801. The van der Waals surface area contributed by atoms with Gasteiger partial charge in [-0.3, -0.25) is 4.79 Å². The van der Waals surface area contributed by atoms with Crippen LogP contribution in [-0.2, 0) is 7.05 Å². The molecule has 0 atom stereocenters. The van der Waals surface area contributed by atoms with Crippen LogP contribution in [-0.4, -0.2) is 16.2 Å². The molecular weight excluding hydrogens is 366 g/mol. The Labute approximate surface area is 167 Å². The number of ether oxygens (including phenoxy) is 2. The summed E-state index contributed by atoms with van der Waals surface area (Å²) in [5.74, 6) is 4.26. The Kier molecular flexibility index (Phi) is 4.71. The highest BCUT2D eigenvalue weighted by molar-refractivity contribution is 5.96. The second-order valence-electron chi connectivity index (χ2n) is 6.55. The number of anilines is 1. The maximum absolute atomic E-state index is 12.4. The average molecular weight is 385 g/mol. The lowest BCUT2D eigenvalue weighted by atomic mass is 10.0. The van der Waals surface area contributed by atoms with Crippen molar-refractivity contribution < 1.29 is 9.47 Å². The van der Waals surface area contributed by atoms with Gasteiger partial charge in [0.25, 0.3) is 5.56 Å². The summed E-state index contributed by atoms with van der Waals surface area (Å²) in [6.45, 7) is 0.181. The van der Waals surface area contributed by atoms with Crippen molar-refractivity contribution in [2.24, 2.45) is 7.05 Å². The number of hydrogen-bond donors (Lipinski definition) is 2. The van der Waals surface area contributed by atoms with Gasteiger partial charge in [-0.05, 0) is 36.4 Å². The molecule has 2 heterocycles. The summed E-state index contributed by atoms with van der Waals surface area (Å²) >= 11 is 0. The number of pyridine rings is 1. The van der Waals surface area contributed by atoms with Crippen LogP contribution in [0.2, 0.25) is 0 Å². The number of H-pyrrole nitrogens is 1. The molecule has 4 rings (SSSR count). The Morgan fingerprint density at radius 1 is 1.14 bits per heavy atom. The minimum absolute atomic E-state index is 0.0986. The van der Waals surface area contributed by atoms with Crippen molar-refractivity contribution in [2.45, 2.75) is 0 Å². The zero-order chi connectivity index (χ0) is 20.4. The maximum Gasteiger partial charge on any atom is 0.274 e. The van der Waals surface area contributed by atoms with Gasteiger partial charge in [-0.1, -0.05) is 12.0 Å². The van der Waals surface area contributed by atoms with Crippen molar-refractivity contribution in [3.63, 3.8) is 0 Å². The number of aromatic amines is 1. The van der Waals surface area contributed by atoms with Gasteiger partial charge in [-0.15, -0.1) is 6.42 Å². The summed E-state index contributed by atoms with van der Waals surface area (Å²) in [7, 11) is 1.71. The van der Waals surface area contributed by atoms with Crippen LogP contribution in [0, 0.1) is 12.3 Å². The third-order valence-electron chi connectivity index (χ3n) is 4.54. The van der Waals surface area contributed by atoms with Gasteiger partial charge in [0.2, 0.25) is 0 Å². The molecule has 0 unspecified atom stereocenters. The number of terminal acetylenes is 1. The van der Waals surface area contributed by atoms with E-state index in [-0.39, 0.29) is 12.2 Å². The topological polar surface area (TPSA) is 82.3 Å². The van der Waals surface area contributed by atoms with Crippen molar-refractivity contribution in [3.8, 4) is 40.7 Å². The SMILES string of the molecule is C#CCOc1cccc(Oc2ccc(N)cc2-c2cn(C)c(=O)c3[nH]ccc23)c1. The first-order valence-electron chi connectivity index (χ1n) is 8.97. The van der Waals surface area contributed by atoms with Gasteiger partial charge in [0.05, 0.1) is 0 Å². The van der Waals surface area contributed by atoms with E-state index >= 15 is 0 Å². The molecule has 0 saturated heterocycles. The van der Waals surface area contributed by atoms with E-state index in [0.717, 1.165) is 16.5 Å². The largest absolute Gasteiger partial charge is 0.481 e. The summed E-state index contributed by atoms with van der Waals surface area (Å²) < 4.78 is 13.2. The quantitative estimate of drug-likeness (QED) is 0.403. The number of nitrogens with two attached hydrogens (primary N) is 1. The molecule has 0 bridgehead atoms. The zero-order valence-electron chi connectivity index (χ0n) is 15.8. The predicted octanol–water partition coefficient (Wildman–Crippen LogP) is 3.92. The Bertz CT molecular complexity index is 1290. The van der Waals surface area contributed by atoms with Crippen LogP contribution in [0.15, 0.2) is 65.7 Å². The Morgan fingerprint density at radius 3 is 2.79 bits per heavy atom. The zero-order valence-corrected chi connectivity index (χ0v) is 15.8. The van der Waals surface area contributed by atoms with Crippen LogP contribution in [0.3, 0.4) is 0 Å². The highest BCUT2D eigenvalue weighted by Gasteiger charge is 2.15. The number of nitrogens with zero attached hydrogens (tertiary/aromatic N) is 1. The Hall–Kier alpha value is -4.11. The molecule has 0 radical (unpaired) electrons. The number of hydrogen-bond acceptors (Lipinski definition) is 4. The first-order valence-corrected chi connectivity index (χ1v) is 8.97. The van der Waals surface area contributed by atoms with Gasteiger partial charge in [0.1, 0.15) is 29.4 Å². The average Bonchev–Trinajstić information content (AvgIpc) is 3.21. The molecule has 0 aliphatic carbocycles.